The maximum Gasteiger partial charge on any atom is 0.246 e. The third kappa shape index (κ3) is 4.67. The number of halogens is 1. The van der Waals surface area contributed by atoms with Crippen molar-refractivity contribution in [3.63, 3.8) is 0 Å². The first-order valence-corrected chi connectivity index (χ1v) is 9.48. The van der Waals surface area contributed by atoms with Crippen LogP contribution in [0.15, 0.2) is 34.8 Å². The average Bonchev–Trinajstić information content (AvgIpc) is 3.03. The maximum absolute atomic E-state index is 12.5. The third-order valence-corrected chi connectivity index (χ3v) is 5.39. The predicted molar refractivity (Wildman–Crippen MR) is 98.2 cm³/mol. The first-order chi connectivity index (χ1) is 11.2. The largest absolute Gasteiger partial charge is 0.335 e. The van der Waals surface area contributed by atoms with Crippen molar-refractivity contribution in [3.8, 4) is 0 Å². The quantitative estimate of drug-likeness (QED) is 0.742. The minimum Gasteiger partial charge on any atom is -0.335 e. The van der Waals surface area contributed by atoms with Crippen LogP contribution in [-0.2, 0) is 4.79 Å². The van der Waals surface area contributed by atoms with Crippen molar-refractivity contribution in [1.29, 1.82) is 0 Å². The lowest BCUT2D eigenvalue weighted by atomic mass is 10.1. The number of carbonyl (C=O) groups is 1. The molecule has 23 heavy (non-hydrogen) atoms. The lowest BCUT2D eigenvalue weighted by Crippen LogP contribution is -2.44. The Labute approximate surface area is 147 Å². The van der Waals surface area contributed by atoms with Gasteiger partial charge in [-0.1, -0.05) is 34.5 Å². The summed E-state index contributed by atoms with van der Waals surface area (Å²) in [5, 5.41) is 0. The Kier molecular flexibility index (Phi) is 5.90. The highest BCUT2D eigenvalue weighted by Gasteiger charge is 2.29. The van der Waals surface area contributed by atoms with Gasteiger partial charge in [0.05, 0.1) is 0 Å². The van der Waals surface area contributed by atoms with Crippen LogP contribution >= 0.6 is 15.9 Å². The van der Waals surface area contributed by atoms with Crippen LogP contribution in [0.25, 0.3) is 6.08 Å². The number of carbonyl (C=O) groups excluding carboxylic acids is 1. The molecule has 124 valence electrons. The zero-order chi connectivity index (χ0) is 16.1. The van der Waals surface area contributed by atoms with Crippen LogP contribution in [0, 0.1) is 0 Å². The number of benzene rings is 1. The summed E-state index contributed by atoms with van der Waals surface area (Å²) >= 11 is 3.43. The van der Waals surface area contributed by atoms with Gasteiger partial charge in [0.1, 0.15) is 0 Å². The van der Waals surface area contributed by atoms with Crippen LogP contribution in [0.1, 0.15) is 37.7 Å². The zero-order valence-electron chi connectivity index (χ0n) is 13.6. The van der Waals surface area contributed by atoms with Crippen molar-refractivity contribution in [3.05, 3.63) is 40.4 Å². The molecule has 0 N–H and O–H groups in total. The monoisotopic (exact) mass is 376 g/mol. The maximum atomic E-state index is 12.5. The van der Waals surface area contributed by atoms with Gasteiger partial charge in [-0.25, -0.2) is 0 Å². The third-order valence-electron chi connectivity index (χ3n) is 4.87. The van der Waals surface area contributed by atoms with Gasteiger partial charge in [0, 0.05) is 29.7 Å². The van der Waals surface area contributed by atoms with Gasteiger partial charge in [0.25, 0.3) is 0 Å². The molecule has 1 aromatic carbocycles. The minimum absolute atomic E-state index is 0.160. The molecule has 0 bridgehead atoms. The highest BCUT2D eigenvalue weighted by molar-refractivity contribution is 9.10. The standard InChI is InChI=1S/C19H25BrN2O/c20-17-9-6-16(7-10-17)8-11-19(23)22-14-4-5-18(22)15-21-12-2-1-3-13-21/h6-11,18H,1-5,12-15H2/b11-8+/t18-/m0/s1. The van der Waals surface area contributed by atoms with Crippen molar-refractivity contribution in [2.24, 2.45) is 0 Å². The van der Waals surface area contributed by atoms with E-state index in [4.69, 9.17) is 0 Å². The highest BCUT2D eigenvalue weighted by Crippen LogP contribution is 2.21. The Hall–Kier alpha value is -1.13. The van der Waals surface area contributed by atoms with Gasteiger partial charge in [0.2, 0.25) is 5.91 Å². The number of nitrogens with zero attached hydrogens (tertiary/aromatic N) is 2. The van der Waals surface area contributed by atoms with Gasteiger partial charge in [-0.15, -0.1) is 0 Å². The Bertz CT molecular complexity index is 549. The molecule has 1 amide bonds. The summed E-state index contributed by atoms with van der Waals surface area (Å²) in [6, 6.07) is 8.43. The lowest BCUT2D eigenvalue weighted by Gasteiger charge is -2.32. The SMILES string of the molecule is O=C(/C=C/c1ccc(Br)cc1)N1CCC[C@H]1CN1CCCCC1. The van der Waals surface area contributed by atoms with Gasteiger partial charge < -0.3 is 9.80 Å². The molecule has 0 radical (unpaired) electrons. The molecular formula is C19H25BrN2O. The molecule has 1 aromatic rings. The van der Waals surface area contributed by atoms with Crippen molar-refractivity contribution >= 4 is 27.9 Å². The first-order valence-electron chi connectivity index (χ1n) is 8.69. The summed E-state index contributed by atoms with van der Waals surface area (Å²) < 4.78 is 1.06. The van der Waals surface area contributed by atoms with E-state index < -0.39 is 0 Å². The van der Waals surface area contributed by atoms with E-state index in [9.17, 15) is 4.79 Å². The Morgan fingerprint density at radius 3 is 2.57 bits per heavy atom. The van der Waals surface area contributed by atoms with E-state index in [2.05, 4.69) is 25.7 Å². The second kappa shape index (κ2) is 8.11. The molecule has 2 heterocycles. The highest BCUT2D eigenvalue weighted by atomic mass is 79.9. The molecule has 0 aliphatic carbocycles. The summed E-state index contributed by atoms with van der Waals surface area (Å²) in [7, 11) is 0. The molecule has 0 unspecified atom stereocenters. The molecule has 3 rings (SSSR count). The van der Waals surface area contributed by atoms with E-state index in [0.29, 0.717) is 6.04 Å². The van der Waals surface area contributed by atoms with E-state index >= 15 is 0 Å². The molecule has 2 aliphatic heterocycles. The van der Waals surface area contributed by atoms with E-state index in [-0.39, 0.29) is 5.91 Å². The Morgan fingerprint density at radius 2 is 1.83 bits per heavy atom. The first kappa shape index (κ1) is 16.7. The molecule has 1 atom stereocenters. The van der Waals surface area contributed by atoms with E-state index in [1.54, 1.807) is 6.08 Å². The average molecular weight is 377 g/mol. The van der Waals surface area contributed by atoms with E-state index in [1.807, 2.05) is 30.3 Å². The van der Waals surface area contributed by atoms with Crippen LogP contribution in [0.4, 0.5) is 0 Å². The number of hydrogen-bond donors (Lipinski definition) is 0. The van der Waals surface area contributed by atoms with Crippen LogP contribution in [0.2, 0.25) is 0 Å². The van der Waals surface area contributed by atoms with Crippen LogP contribution < -0.4 is 0 Å². The molecule has 2 aliphatic rings. The van der Waals surface area contributed by atoms with Gasteiger partial charge in [-0.2, -0.15) is 0 Å². The number of amides is 1. The molecular weight excluding hydrogens is 352 g/mol. The van der Waals surface area contributed by atoms with Crippen LogP contribution in [-0.4, -0.2) is 47.9 Å². The summed E-state index contributed by atoms with van der Waals surface area (Å²) in [4.78, 5) is 17.2. The number of piperidine rings is 1. The van der Waals surface area contributed by atoms with Crippen molar-refractivity contribution < 1.29 is 4.79 Å². The zero-order valence-corrected chi connectivity index (χ0v) is 15.2. The summed E-state index contributed by atoms with van der Waals surface area (Å²) in [6.45, 7) is 4.36. The van der Waals surface area contributed by atoms with Crippen LogP contribution in [0.3, 0.4) is 0 Å². The molecule has 0 saturated carbocycles. The second-order valence-electron chi connectivity index (χ2n) is 6.57. The number of hydrogen-bond acceptors (Lipinski definition) is 2. The fourth-order valence-corrected chi connectivity index (χ4v) is 3.86. The molecule has 0 aromatic heterocycles. The smallest absolute Gasteiger partial charge is 0.246 e. The Balaban J connectivity index is 1.57. The molecule has 0 spiro atoms. The minimum atomic E-state index is 0.160. The van der Waals surface area contributed by atoms with Crippen molar-refractivity contribution in [2.75, 3.05) is 26.2 Å². The van der Waals surface area contributed by atoms with Crippen molar-refractivity contribution in [1.82, 2.24) is 9.80 Å². The summed E-state index contributed by atoms with van der Waals surface area (Å²) in [6.07, 6.45) is 9.92. The number of likely N-dealkylation sites (tertiary alicyclic amines) is 2. The molecule has 2 fully saturated rings. The fraction of sp³-hybridized carbons (Fsp3) is 0.526. The summed E-state index contributed by atoms with van der Waals surface area (Å²) in [5.41, 5.74) is 1.06. The normalized spacial score (nSPS) is 22.8. The molecule has 4 heteroatoms. The fourth-order valence-electron chi connectivity index (χ4n) is 3.59. The number of rotatable bonds is 4. The van der Waals surface area contributed by atoms with E-state index in [0.717, 1.165) is 36.0 Å². The molecule has 3 nitrogen and oxygen atoms in total. The predicted octanol–water partition coefficient (Wildman–Crippen LogP) is 3.94. The second-order valence-corrected chi connectivity index (χ2v) is 7.49. The molecule has 2 saturated heterocycles. The van der Waals surface area contributed by atoms with Crippen molar-refractivity contribution in [2.45, 2.75) is 38.1 Å². The van der Waals surface area contributed by atoms with Gasteiger partial charge in [0.15, 0.2) is 0 Å². The van der Waals surface area contributed by atoms with E-state index in [1.165, 1.54) is 32.4 Å². The lowest BCUT2D eigenvalue weighted by molar-refractivity contribution is -0.127. The van der Waals surface area contributed by atoms with Gasteiger partial charge in [-0.3, -0.25) is 4.79 Å². The topological polar surface area (TPSA) is 23.6 Å². The summed E-state index contributed by atoms with van der Waals surface area (Å²) in [5.74, 6) is 0.160. The van der Waals surface area contributed by atoms with Gasteiger partial charge >= 0.3 is 0 Å². The van der Waals surface area contributed by atoms with Gasteiger partial charge in [-0.05, 0) is 62.5 Å². The van der Waals surface area contributed by atoms with Crippen LogP contribution in [0.5, 0.6) is 0 Å². The Morgan fingerprint density at radius 1 is 1.09 bits per heavy atom.